The average Bonchev–Trinajstić information content (AvgIpc) is 1.54. The molecule has 0 aliphatic rings. The molecule has 0 aromatic heterocycles. The molecule has 0 unspecified atom stereocenters. The normalized spacial score (nSPS) is 4.80. The van der Waals surface area contributed by atoms with E-state index in [4.69, 9.17) is 46.0 Å². The third kappa shape index (κ3) is 362. The van der Waals surface area contributed by atoms with Crippen LogP contribution in [0.5, 0.6) is 0 Å². The molecule has 0 bridgehead atoms. The Morgan fingerprint density at radius 2 is 0.533 bits per heavy atom. The maximum Gasteiger partial charge on any atom is 3.00 e. The summed E-state index contributed by atoms with van der Waals surface area (Å²) in [6.07, 6.45) is 0. The third-order valence-electron chi connectivity index (χ3n) is 0. The molecule has 0 atom stereocenters. The molecular weight excluding hydrogens is 321 g/mol. The zero-order chi connectivity index (χ0) is 10.7. The summed E-state index contributed by atoms with van der Waals surface area (Å²) >= 11 is 0. The topological polar surface area (TPSA) is 262 Å². The molecule has 15 heteroatoms. The minimum absolute atomic E-state index is 0. The summed E-state index contributed by atoms with van der Waals surface area (Å²) in [5.74, 6) is 0. The number of nitrogens with zero attached hydrogens (tertiary/aromatic N) is 3. The van der Waals surface area contributed by atoms with E-state index < -0.39 is 15.3 Å². The van der Waals surface area contributed by atoms with Crippen molar-refractivity contribution in [3.05, 3.63) is 46.0 Å². The Labute approximate surface area is 92.4 Å². The van der Waals surface area contributed by atoms with Crippen molar-refractivity contribution in [2.45, 2.75) is 0 Å². The molecule has 0 heterocycles. The number of rotatable bonds is 0. The van der Waals surface area contributed by atoms with Gasteiger partial charge in [0.2, 0.25) is 0 Å². The fourth-order valence-electron chi connectivity index (χ4n) is 0. The summed E-state index contributed by atoms with van der Waals surface area (Å²) in [5, 5.41) is 44.2. The molecule has 0 saturated heterocycles. The van der Waals surface area contributed by atoms with Crippen molar-refractivity contribution in [3.63, 3.8) is 0 Å². The van der Waals surface area contributed by atoms with E-state index in [0.29, 0.717) is 0 Å². The molecule has 4 N–H and O–H groups in total. The molecule has 0 radical (unpaired) electrons. The molecular formula is H4N3O11Rh. The van der Waals surface area contributed by atoms with Crippen LogP contribution in [0.15, 0.2) is 0 Å². The molecule has 0 saturated carbocycles. The first-order chi connectivity index (χ1) is 5.20. The first-order valence-electron chi connectivity index (χ1n) is 1.64. The van der Waals surface area contributed by atoms with Crippen molar-refractivity contribution in [2.24, 2.45) is 0 Å². The van der Waals surface area contributed by atoms with Gasteiger partial charge in [-0.05, 0) is 0 Å². The van der Waals surface area contributed by atoms with Gasteiger partial charge in [0.05, 0.1) is 15.3 Å². The van der Waals surface area contributed by atoms with Gasteiger partial charge in [0, 0.05) is 0 Å². The van der Waals surface area contributed by atoms with E-state index >= 15 is 0 Å². The first-order valence-corrected chi connectivity index (χ1v) is 1.64. The summed E-state index contributed by atoms with van der Waals surface area (Å²) in [4.78, 5) is 24.8. The molecule has 0 rings (SSSR count). The average molecular weight is 325 g/mol. The minimum Gasteiger partial charge on any atom is -0.412 e. The Hall–Kier alpha value is -1.86. The summed E-state index contributed by atoms with van der Waals surface area (Å²) in [6.45, 7) is 0. The zero-order valence-corrected chi connectivity index (χ0v) is 7.99. The van der Waals surface area contributed by atoms with E-state index in [0.717, 1.165) is 0 Å². The quantitative estimate of drug-likeness (QED) is 0.261. The SMILES string of the molecule is O.O.O=[N+]([O-])[O-].O=[N+]([O-])[O-].O=[N+]([O-])[O-].[Rh+3]. The monoisotopic (exact) mass is 325 g/mol. The second-order valence-corrected chi connectivity index (χ2v) is 0.671. The van der Waals surface area contributed by atoms with E-state index in [2.05, 4.69) is 0 Å². The van der Waals surface area contributed by atoms with Gasteiger partial charge in [0.15, 0.2) is 0 Å². The van der Waals surface area contributed by atoms with E-state index in [9.17, 15) is 0 Å². The van der Waals surface area contributed by atoms with Gasteiger partial charge in [-0.2, -0.15) is 0 Å². The van der Waals surface area contributed by atoms with Gasteiger partial charge in [-0.15, -0.1) is 0 Å². The van der Waals surface area contributed by atoms with E-state index in [1.807, 2.05) is 0 Å². The van der Waals surface area contributed by atoms with Crippen molar-refractivity contribution in [1.29, 1.82) is 0 Å². The van der Waals surface area contributed by atoms with Crippen LogP contribution in [0.3, 0.4) is 0 Å². The standard InChI is InChI=1S/3NO3.2H2O.Rh/c3*2-1(3)4;;;/h;;;2*1H2;/q3*-1;;;+3. The van der Waals surface area contributed by atoms with E-state index in [-0.39, 0.29) is 30.4 Å². The fraction of sp³-hybridized carbons (Fsp3) is 0. The second kappa shape index (κ2) is 29.6. The fourth-order valence-corrected chi connectivity index (χ4v) is 0. The van der Waals surface area contributed by atoms with Gasteiger partial charge in [0.1, 0.15) is 0 Å². The zero-order valence-electron chi connectivity index (χ0n) is 6.35. The Morgan fingerprint density at radius 1 is 0.533 bits per heavy atom. The van der Waals surface area contributed by atoms with Crippen molar-refractivity contribution >= 4 is 0 Å². The Balaban J connectivity index is -0.0000000184. The van der Waals surface area contributed by atoms with Gasteiger partial charge >= 0.3 is 19.5 Å². The van der Waals surface area contributed by atoms with Crippen molar-refractivity contribution in [3.8, 4) is 0 Å². The van der Waals surface area contributed by atoms with Crippen LogP contribution >= 0.6 is 0 Å². The molecule has 14 nitrogen and oxygen atoms in total. The van der Waals surface area contributed by atoms with Gasteiger partial charge in [-0.3, -0.25) is 0 Å². The van der Waals surface area contributed by atoms with Crippen LogP contribution in [0.25, 0.3) is 0 Å². The molecule has 0 aliphatic heterocycles. The van der Waals surface area contributed by atoms with Crippen LogP contribution in [-0.2, 0) is 19.5 Å². The summed E-state index contributed by atoms with van der Waals surface area (Å²) in [7, 11) is 0. The van der Waals surface area contributed by atoms with Crippen LogP contribution in [0.1, 0.15) is 0 Å². The molecule has 0 fully saturated rings. The van der Waals surface area contributed by atoms with Crippen molar-refractivity contribution in [1.82, 2.24) is 0 Å². The number of hydrogen-bond donors (Lipinski definition) is 0. The largest absolute Gasteiger partial charge is 3.00 e. The van der Waals surface area contributed by atoms with Gasteiger partial charge < -0.3 is 56.9 Å². The Kier molecular flexibility index (Phi) is 74.8. The maximum atomic E-state index is 8.25. The molecule has 0 aliphatic carbocycles. The van der Waals surface area contributed by atoms with Crippen LogP contribution < -0.4 is 0 Å². The first kappa shape index (κ1) is 38.0. The van der Waals surface area contributed by atoms with Crippen LogP contribution in [0, 0.1) is 46.0 Å². The van der Waals surface area contributed by atoms with Gasteiger partial charge in [0.25, 0.3) is 0 Å². The molecule has 0 amide bonds. The summed E-state index contributed by atoms with van der Waals surface area (Å²) in [5.41, 5.74) is 0. The third-order valence-corrected chi connectivity index (χ3v) is 0. The van der Waals surface area contributed by atoms with Crippen LogP contribution in [0.4, 0.5) is 0 Å². The van der Waals surface area contributed by atoms with Crippen LogP contribution in [0.2, 0.25) is 0 Å². The number of hydrogen-bond acceptors (Lipinski definition) is 9. The van der Waals surface area contributed by atoms with Gasteiger partial charge in [-0.1, -0.05) is 0 Å². The summed E-state index contributed by atoms with van der Waals surface area (Å²) < 4.78 is 0. The van der Waals surface area contributed by atoms with E-state index in [1.54, 1.807) is 0 Å². The van der Waals surface area contributed by atoms with E-state index in [1.165, 1.54) is 0 Å². The molecule has 0 aromatic rings. The second-order valence-electron chi connectivity index (χ2n) is 0.671. The molecule has 15 heavy (non-hydrogen) atoms. The maximum absolute atomic E-state index is 8.25. The van der Waals surface area contributed by atoms with Crippen molar-refractivity contribution in [2.75, 3.05) is 0 Å². The molecule has 0 spiro atoms. The predicted molar refractivity (Wildman–Crippen MR) is 38.3 cm³/mol. The Morgan fingerprint density at radius 3 is 0.533 bits per heavy atom. The molecule has 94 valence electrons. The van der Waals surface area contributed by atoms with Crippen molar-refractivity contribution < 1.29 is 45.7 Å². The smallest absolute Gasteiger partial charge is 0.412 e. The predicted octanol–water partition coefficient (Wildman–Crippen LogP) is -2.37. The Bertz CT molecular complexity index is 113. The van der Waals surface area contributed by atoms with Crippen LogP contribution in [-0.4, -0.2) is 26.2 Å². The van der Waals surface area contributed by atoms with Gasteiger partial charge in [-0.25, -0.2) is 0 Å². The molecule has 0 aromatic carbocycles. The summed E-state index contributed by atoms with van der Waals surface area (Å²) in [6, 6.07) is 0. The minimum atomic E-state index is -1.75.